The number of likely N-dealkylation sites (tertiary alicyclic amines) is 1. The lowest BCUT2D eigenvalue weighted by atomic mass is 10.1. The number of halogens is 1. The molecule has 1 amide bonds. The van der Waals surface area contributed by atoms with Gasteiger partial charge in [0.05, 0.1) is 16.9 Å². The van der Waals surface area contributed by atoms with Crippen molar-refractivity contribution in [2.45, 2.75) is 25.8 Å². The van der Waals surface area contributed by atoms with Gasteiger partial charge in [-0.1, -0.05) is 11.6 Å². The molecule has 0 aliphatic carbocycles. The average molecular weight is 308 g/mol. The summed E-state index contributed by atoms with van der Waals surface area (Å²) in [6.07, 6.45) is 6.18. The number of hydrogen-bond donors (Lipinski definition) is 0. The maximum atomic E-state index is 12.3. The van der Waals surface area contributed by atoms with Gasteiger partial charge in [-0.25, -0.2) is 4.98 Å². The molecule has 1 aliphatic rings. The first-order chi connectivity index (χ1) is 10.0. The van der Waals surface area contributed by atoms with E-state index in [0.717, 1.165) is 31.0 Å². The molecule has 3 rings (SSSR count). The van der Waals surface area contributed by atoms with Crippen LogP contribution in [-0.2, 0) is 18.4 Å². The van der Waals surface area contributed by atoms with Crippen molar-refractivity contribution < 1.29 is 4.79 Å². The van der Waals surface area contributed by atoms with E-state index in [1.807, 2.05) is 25.1 Å². The fourth-order valence-corrected chi connectivity index (χ4v) is 3.03. The van der Waals surface area contributed by atoms with Gasteiger partial charge in [0.25, 0.3) is 0 Å². The molecular weight excluding hydrogens is 290 g/mol. The van der Waals surface area contributed by atoms with E-state index in [-0.39, 0.29) is 12.5 Å². The number of aryl methyl sites for hydroxylation is 2. The molecule has 1 saturated heterocycles. The Morgan fingerprint density at radius 3 is 2.90 bits per heavy atom. The zero-order valence-electron chi connectivity index (χ0n) is 12.2. The van der Waals surface area contributed by atoms with Gasteiger partial charge < -0.3 is 9.47 Å². The highest BCUT2D eigenvalue weighted by Crippen LogP contribution is 2.26. The van der Waals surface area contributed by atoms with Crippen LogP contribution >= 0.6 is 11.6 Å². The second-order valence-corrected chi connectivity index (χ2v) is 5.97. The minimum atomic E-state index is 0.0724. The van der Waals surface area contributed by atoms with E-state index in [1.165, 1.54) is 6.20 Å². The smallest absolute Gasteiger partial charge is 0.244 e. The zero-order valence-corrected chi connectivity index (χ0v) is 12.9. The highest BCUT2D eigenvalue weighted by molar-refractivity contribution is 6.30. The topological polar surface area (TPSA) is 56.0 Å². The minimum absolute atomic E-state index is 0.0724. The number of amides is 1. The van der Waals surface area contributed by atoms with E-state index in [2.05, 4.69) is 14.6 Å². The minimum Gasteiger partial charge on any atom is -0.340 e. The first-order valence-electron chi connectivity index (χ1n) is 6.98. The van der Waals surface area contributed by atoms with Crippen LogP contribution in [0.2, 0.25) is 5.02 Å². The summed E-state index contributed by atoms with van der Waals surface area (Å²) in [7, 11) is 2.01. The van der Waals surface area contributed by atoms with E-state index in [0.29, 0.717) is 10.9 Å². The fourth-order valence-electron chi connectivity index (χ4n) is 2.88. The summed E-state index contributed by atoms with van der Waals surface area (Å²) in [5.74, 6) is 1.45. The van der Waals surface area contributed by atoms with Crippen LogP contribution in [-0.4, -0.2) is 43.2 Å². The summed E-state index contributed by atoms with van der Waals surface area (Å²) in [5, 5.41) is 4.59. The molecular formula is C14H18ClN5O. The summed E-state index contributed by atoms with van der Waals surface area (Å²) in [6.45, 7) is 3.71. The van der Waals surface area contributed by atoms with Crippen molar-refractivity contribution in [3.63, 3.8) is 0 Å². The van der Waals surface area contributed by atoms with Crippen molar-refractivity contribution in [2.24, 2.45) is 7.05 Å². The number of hydrogen-bond acceptors (Lipinski definition) is 3. The van der Waals surface area contributed by atoms with Gasteiger partial charge in [-0.05, 0) is 13.3 Å². The Morgan fingerprint density at radius 2 is 2.29 bits per heavy atom. The molecule has 7 heteroatoms. The van der Waals surface area contributed by atoms with E-state index in [1.54, 1.807) is 10.9 Å². The molecule has 2 aromatic rings. The van der Waals surface area contributed by atoms with Crippen molar-refractivity contribution in [1.29, 1.82) is 0 Å². The van der Waals surface area contributed by atoms with Gasteiger partial charge in [0.15, 0.2) is 0 Å². The maximum Gasteiger partial charge on any atom is 0.244 e. The standard InChI is InChI=1S/C14H18ClN5O/c1-10-6-18(2)14(17-10)11-3-4-19(7-11)13(21)9-20-8-12(15)5-16-20/h5-6,8,11H,3-4,7,9H2,1-2H3/t11-/m1/s1. The summed E-state index contributed by atoms with van der Waals surface area (Å²) < 4.78 is 3.63. The number of carbonyl (C=O) groups excluding carboxylic acids is 1. The highest BCUT2D eigenvalue weighted by atomic mass is 35.5. The molecule has 1 atom stereocenters. The third-order valence-electron chi connectivity index (χ3n) is 3.84. The van der Waals surface area contributed by atoms with Crippen LogP contribution < -0.4 is 0 Å². The Hall–Kier alpha value is -1.82. The third kappa shape index (κ3) is 2.95. The molecule has 1 fully saturated rings. The summed E-state index contributed by atoms with van der Waals surface area (Å²) >= 11 is 5.81. The Morgan fingerprint density at radius 1 is 1.48 bits per heavy atom. The SMILES string of the molecule is Cc1cn(C)c([C@@H]2CCN(C(=O)Cn3cc(Cl)cn3)C2)n1. The number of aromatic nitrogens is 4. The van der Waals surface area contributed by atoms with Crippen molar-refractivity contribution in [2.75, 3.05) is 13.1 Å². The third-order valence-corrected chi connectivity index (χ3v) is 4.03. The lowest BCUT2D eigenvalue weighted by Crippen LogP contribution is -2.32. The van der Waals surface area contributed by atoms with Crippen LogP contribution in [0.1, 0.15) is 23.9 Å². The molecule has 0 N–H and O–H groups in total. The maximum absolute atomic E-state index is 12.3. The van der Waals surface area contributed by atoms with Crippen molar-refractivity contribution in [1.82, 2.24) is 24.2 Å². The molecule has 0 unspecified atom stereocenters. The predicted octanol–water partition coefficient (Wildman–Crippen LogP) is 1.59. The second-order valence-electron chi connectivity index (χ2n) is 5.53. The Bertz CT molecular complexity index is 662. The van der Waals surface area contributed by atoms with Gasteiger partial charge in [-0.15, -0.1) is 0 Å². The average Bonchev–Trinajstić information content (AvgIpc) is 3.10. The summed E-state index contributed by atoms with van der Waals surface area (Å²) in [6, 6.07) is 0. The van der Waals surface area contributed by atoms with Crippen LogP contribution in [0.5, 0.6) is 0 Å². The Kier molecular flexibility index (Phi) is 3.71. The number of rotatable bonds is 3. The highest BCUT2D eigenvalue weighted by Gasteiger charge is 2.29. The monoisotopic (exact) mass is 307 g/mol. The number of nitrogens with zero attached hydrogens (tertiary/aromatic N) is 5. The Balaban J connectivity index is 1.64. The molecule has 1 aliphatic heterocycles. The summed E-state index contributed by atoms with van der Waals surface area (Å²) in [5.41, 5.74) is 1.02. The second kappa shape index (κ2) is 5.52. The number of imidazole rings is 1. The largest absolute Gasteiger partial charge is 0.340 e. The Labute approximate surface area is 128 Å². The first kappa shape index (κ1) is 14.1. The molecule has 2 aromatic heterocycles. The van der Waals surface area contributed by atoms with Crippen molar-refractivity contribution in [3.8, 4) is 0 Å². The molecule has 0 radical (unpaired) electrons. The molecule has 0 bridgehead atoms. The number of carbonyl (C=O) groups is 1. The lowest BCUT2D eigenvalue weighted by molar-refractivity contribution is -0.131. The first-order valence-corrected chi connectivity index (χ1v) is 7.36. The summed E-state index contributed by atoms with van der Waals surface area (Å²) in [4.78, 5) is 18.7. The molecule has 0 aromatic carbocycles. The van der Waals surface area contributed by atoms with Crippen LogP contribution in [0.15, 0.2) is 18.6 Å². The van der Waals surface area contributed by atoms with Gasteiger partial charge in [0.1, 0.15) is 12.4 Å². The van der Waals surface area contributed by atoms with E-state index in [4.69, 9.17) is 11.6 Å². The quantitative estimate of drug-likeness (QED) is 0.865. The normalized spacial score (nSPS) is 18.4. The van der Waals surface area contributed by atoms with Crippen molar-refractivity contribution >= 4 is 17.5 Å². The van der Waals surface area contributed by atoms with Gasteiger partial charge in [-0.3, -0.25) is 9.48 Å². The molecule has 6 nitrogen and oxygen atoms in total. The van der Waals surface area contributed by atoms with Gasteiger partial charge in [0.2, 0.25) is 5.91 Å². The van der Waals surface area contributed by atoms with Crippen molar-refractivity contribution in [3.05, 3.63) is 35.1 Å². The van der Waals surface area contributed by atoms with Crippen LogP contribution in [0.4, 0.5) is 0 Å². The van der Waals surface area contributed by atoms with Crippen LogP contribution in [0, 0.1) is 6.92 Å². The van der Waals surface area contributed by atoms with Crippen LogP contribution in [0.25, 0.3) is 0 Å². The van der Waals surface area contributed by atoms with Gasteiger partial charge in [-0.2, -0.15) is 5.10 Å². The zero-order chi connectivity index (χ0) is 15.0. The van der Waals surface area contributed by atoms with E-state index >= 15 is 0 Å². The predicted molar refractivity (Wildman–Crippen MR) is 79.1 cm³/mol. The molecule has 0 spiro atoms. The fraction of sp³-hybridized carbons (Fsp3) is 0.500. The van der Waals surface area contributed by atoms with Gasteiger partial charge >= 0.3 is 0 Å². The molecule has 0 saturated carbocycles. The van der Waals surface area contributed by atoms with Gasteiger partial charge in [0, 0.05) is 38.4 Å². The van der Waals surface area contributed by atoms with Crippen LogP contribution in [0.3, 0.4) is 0 Å². The molecule has 3 heterocycles. The van der Waals surface area contributed by atoms with E-state index in [9.17, 15) is 4.79 Å². The van der Waals surface area contributed by atoms with E-state index < -0.39 is 0 Å². The molecule has 21 heavy (non-hydrogen) atoms. The lowest BCUT2D eigenvalue weighted by Gasteiger charge is -2.16. The molecule has 112 valence electrons.